The van der Waals surface area contributed by atoms with Crippen LogP contribution >= 0.6 is 0 Å². The number of nitrogens with one attached hydrogen (secondary N) is 2. The molecule has 1 atom stereocenters. The lowest BCUT2D eigenvalue weighted by Crippen LogP contribution is -2.54. The zero-order valence-electron chi connectivity index (χ0n) is 20.1. The SMILES string of the molecule is O=C1CCC(N2C(=O)c3ccc(NC[C@H]4C[C@H](n5nc(C6CC6)c6ccncc65)C4)cc3C2=O)C(=O)N1. The second kappa shape index (κ2) is 8.22. The monoisotopic (exact) mass is 498 g/mol. The number of hydrogen-bond donors (Lipinski definition) is 2. The summed E-state index contributed by atoms with van der Waals surface area (Å²) in [6.45, 7) is 0.751. The summed E-state index contributed by atoms with van der Waals surface area (Å²) in [6, 6.07) is 6.59. The van der Waals surface area contributed by atoms with Crippen molar-refractivity contribution in [3.63, 3.8) is 0 Å². The largest absolute Gasteiger partial charge is 0.385 e. The number of benzene rings is 1. The van der Waals surface area contributed by atoms with Gasteiger partial charge in [-0.2, -0.15) is 5.10 Å². The van der Waals surface area contributed by atoms with E-state index in [9.17, 15) is 19.2 Å². The van der Waals surface area contributed by atoms with Gasteiger partial charge in [-0.1, -0.05) is 0 Å². The molecule has 2 saturated carbocycles. The Balaban J connectivity index is 1.01. The fraction of sp³-hybridized carbons (Fsp3) is 0.407. The van der Waals surface area contributed by atoms with Crippen LogP contribution in [0.5, 0.6) is 0 Å². The summed E-state index contributed by atoms with van der Waals surface area (Å²) in [5, 5.41) is 11.8. The molecular weight excluding hydrogens is 472 g/mol. The van der Waals surface area contributed by atoms with Gasteiger partial charge in [0.25, 0.3) is 11.8 Å². The van der Waals surface area contributed by atoms with Crippen molar-refractivity contribution in [2.75, 3.05) is 11.9 Å². The zero-order chi connectivity index (χ0) is 25.3. The Kier molecular flexibility index (Phi) is 4.92. The van der Waals surface area contributed by atoms with Crippen LogP contribution in [-0.2, 0) is 9.59 Å². The number of amides is 4. The number of imide groups is 2. The number of pyridine rings is 1. The van der Waals surface area contributed by atoms with Crippen LogP contribution in [0.25, 0.3) is 10.9 Å². The molecule has 10 heteroatoms. The summed E-state index contributed by atoms with van der Waals surface area (Å²) in [4.78, 5) is 55.0. The van der Waals surface area contributed by atoms with Crippen molar-refractivity contribution in [2.24, 2.45) is 5.92 Å². The maximum Gasteiger partial charge on any atom is 0.262 e. The Labute approximate surface area is 212 Å². The van der Waals surface area contributed by atoms with E-state index in [0.29, 0.717) is 17.9 Å². The molecule has 2 aliphatic carbocycles. The number of aromatic nitrogens is 3. The summed E-state index contributed by atoms with van der Waals surface area (Å²) >= 11 is 0. The first-order valence-corrected chi connectivity index (χ1v) is 12.9. The van der Waals surface area contributed by atoms with Crippen molar-refractivity contribution in [3.8, 4) is 0 Å². The molecule has 2 aliphatic heterocycles. The Morgan fingerprint density at radius 1 is 1.00 bits per heavy atom. The Hall–Kier alpha value is -4.08. The first kappa shape index (κ1) is 22.1. The number of carbonyl (C=O) groups excluding carboxylic acids is 4. The second-order valence-electron chi connectivity index (χ2n) is 10.6. The maximum absolute atomic E-state index is 13.1. The predicted molar refractivity (Wildman–Crippen MR) is 133 cm³/mol. The van der Waals surface area contributed by atoms with Crippen LogP contribution in [0.3, 0.4) is 0 Å². The van der Waals surface area contributed by atoms with Gasteiger partial charge in [0.1, 0.15) is 6.04 Å². The molecule has 3 fully saturated rings. The molecule has 2 N–H and O–H groups in total. The van der Waals surface area contributed by atoms with Gasteiger partial charge in [-0.3, -0.25) is 39.1 Å². The highest BCUT2D eigenvalue weighted by Gasteiger charge is 2.44. The molecule has 0 bridgehead atoms. The third-order valence-corrected chi connectivity index (χ3v) is 8.09. The molecular formula is C27H26N6O4. The van der Waals surface area contributed by atoms with Gasteiger partial charge in [0.05, 0.1) is 34.6 Å². The summed E-state index contributed by atoms with van der Waals surface area (Å²) in [5.41, 5.74) is 3.66. The van der Waals surface area contributed by atoms with Gasteiger partial charge in [-0.15, -0.1) is 0 Å². The molecule has 1 aromatic carbocycles. The van der Waals surface area contributed by atoms with Crippen molar-refractivity contribution in [3.05, 3.63) is 53.5 Å². The van der Waals surface area contributed by atoms with E-state index in [0.717, 1.165) is 35.5 Å². The number of nitrogens with zero attached hydrogens (tertiary/aromatic N) is 4. The highest BCUT2D eigenvalue weighted by molar-refractivity contribution is 6.23. The van der Waals surface area contributed by atoms with Crippen LogP contribution in [-0.4, -0.2) is 55.9 Å². The summed E-state index contributed by atoms with van der Waals surface area (Å²) in [7, 11) is 0. The van der Waals surface area contributed by atoms with Crippen molar-refractivity contribution >= 4 is 40.2 Å². The van der Waals surface area contributed by atoms with E-state index in [4.69, 9.17) is 5.10 Å². The number of carbonyl (C=O) groups is 4. The van der Waals surface area contributed by atoms with E-state index in [1.165, 1.54) is 23.9 Å². The van der Waals surface area contributed by atoms with Crippen LogP contribution in [0.1, 0.15) is 76.9 Å². The maximum atomic E-state index is 13.1. The van der Waals surface area contributed by atoms with Crippen LogP contribution in [0.2, 0.25) is 0 Å². The first-order chi connectivity index (χ1) is 18.0. The fourth-order valence-electron chi connectivity index (χ4n) is 5.86. The van der Waals surface area contributed by atoms with Crippen molar-refractivity contribution in [2.45, 2.75) is 56.5 Å². The van der Waals surface area contributed by atoms with Crippen LogP contribution in [0.15, 0.2) is 36.7 Å². The Morgan fingerprint density at radius 3 is 2.59 bits per heavy atom. The molecule has 4 aliphatic rings. The van der Waals surface area contributed by atoms with E-state index in [2.05, 4.69) is 26.4 Å². The number of fused-ring (bicyclic) bond motifs is 2. The first-order valence-electron chi connectivity index (χ1n) is 12.9. The molecule has 1 saturated heterocycles. The second-order valence-corrected chi connectivity index (χ2v) is 10.6. The highest BCUT2D eigenvalue weighted by atomic mass is 16.2. The third kappa shape index (κ3) is 3.61. The third-order valence-electron chi connectivity index (χ3n) is 8.09. The molecule has 10 nitrogen and oxygen atoms in total. The molecule has 37 heavy (non-hydrogen) atoms. The van der Waals surface area contributed by atoms with E-state index in [-0.39, 0.29) is 29.9 Å². The Bertz CT molecular complexity index is 1490. The number of anilines is 1. The summed E-state index contributed by atoms with van der Waals surface area (Å²) in [5.74, 6) is -0.918. The minimum Gasteiger partial charge on any atom is -0.385 e. The summed E-state index contributed by atoms with van der Waals surface area (Å²) in [6.07, 6.45) is 8.45. The minimum absolute atomic E-state index is 0.103. The average molecular weight is 499 g/mol. The smallest absolute Gasteiger partial charge is 0.262 e. The van der Waals surface area contributed by atoms with Crippen LogP contribution in [0.4, 0.5) is 5.69 Å². The normalized spacial score (nSPS) is 25.3. The van der Waals surface area contributed by atoms with E-state index >= 15 is 0 Å². The summed E-state index contributed by atoms with van der Waals surface area (Å²) < 4.78 is 2.16. The molecule has 4 amide bonds. The van der Waals surface area contributed by atoms with Gasteiger partial charge in [0, 0.05) is 36.2 Å². The van der Waals surface area contributed by atoms with Crippen molar-refractivity contribution < 1.29 is 19.2 Å². The van der Waals surface area contributed by atoms with Crippen molar-refractivity contribution in [1.82, 2.24) is 25.0 Å². The van der Waals surface area contributed by atoms with Gasteiger partial charge in [-0.25, -0.2) is 0 Å². The fourth-order valence-corrected chi connectivity index (χ4v) is 5.86. The number of hydrogen-bond acceptors (Lipinski definition) is 7. The lowest BCUT2D eigenvalue weighted by molar-refractivity contribution is -0.136. The molecule has 3 aromatic rings. The average Bonchev–Trinajstić information content (AvgIpc) is 3.60. The molecule has 2 aromatic heterocycles. The highest BCUT2D eigenvalue weighted by Crippen LogP contribution is 2.45. The predicted octanol–water partition coefficient (Wildman–Crippen LogP) is 2.77. The van der Waals surface area contributed by atoms with E-state index in [1.807, 2.05) is 12.4 Å². The molecule has 1 unspecified atom stereocenters. The van der Waals surface area contributed by atoms with Crippen LogP contribution < -0.4 is 10.6 Å². The standard InChI is InChI=1S/C27H26N6O4/c34-23-6-5-21(25(35)30-23)32-26(36)18-4-3-16(11-20(18)27(32)37)29-12-14-9-17(10-14)33-22-13-28-8-7-19(22)24(31-33)15-1-2-15/h3-4,7-8,11,13-15,17,21,29H,1-2,5-6,9-10,12H2,(H,30,34,35)/t14-,17-,21?. The lowest BCUT2D eigenvalue weighted by Gasteiger charge is -2.36. The zero-order valence-corrected chi connectivity index (χ0v) is 20.1. The van der Waals surface area contributed by atoms with Gasteiger partial charge < -0.3 is 5.32 Å². The van der Waals surface area contributed by atoms with E-state index in [1.54, 1.807) is 18.2 Å². The molecule has 0 radical (unpaired) electrons. The van der Waals surface area contributed by atoms with Crippen molar-refractivity contribution in [1.29, 1.82) is 0 Å². The van der Waals surface area contributed by atoms with Crippen LogP contribution in [0, 0.1) is 5.92 Å². The lowest BCUT2D eigenvalue weighted by atomic mass is 9.80. The molecule has 188 valence electrons. The van der Waals surface area contributed by atoms with Gasteiger partial charge in [-0.05, 0) is 62.3 Å². The topological polar surface area (TPSA) is 126 Å². The molecule has 7 rings (SSSR count). The van der Waals surface area contributed by atoms with Gasteiger partial charge >= 0.3 is 0 Å². The Morgan fingerprint density at radius 2 is 1.81 bits per heavy atom. The van der Waals surface area contributed by atoms with Gasteiger partial charge in [0.2, 0.25) is 11.8 Å². The quantitative estimate of drug-likeness (QED) is 0.501. The van der Waals surface area contributed by atoms with E-state index < -0.39 is 23.8 Å². The van der Waals surface area contributed by atoms with Gasteiger partial charge in [0.15, 0.2) is 0 Å². The number of rotatable bonds is 6. The molecule has 4 heterocycles. The number of piperidine rings is 1. The minimum atomic E-state index is -0.956. The molecule has 0 spiro atoms.